The van der Waals surface area contributed by atoms with Crippen LogP contribution in [0.1, 0.15) is 45.9 Å². The molecule has 6 heteroatoms. The number of aromatic nitrogens is 2. The van der Waals surface area contributed by atoms with Crippen LogP contribution in [0, 0.1) is 11.3 Å². The third kappa shape index (κ3) is 3.55. The number of fused-ring (bicyclic) bond motifs is 1. The Labute approximate surface area is 161 Å². The Hall–Kier alpha value is -3.72. The molecular formula is C22H18N4O2. The Balaban J connectivity index is 1.63. The van der Waals surface area contributed by atoms with Crippen LogP contribution in [0.5, 0.6) is 0 Å². The molecule has 3 aromatic rings. The fraction of sp³-hybridized carbons (Fsp3) is 0.182. The predicted octanol–water partition coefficient (Wildman–Crippen LogP) is 3.69. The summed E-state index contributed by atoms with van der Waals surface area (Å²) in [6.07, 6.45) is 1.87. The molecule has 0 bridgehead atoms. The number of nitriles is 1. The van der Waals surface area contributed by atoms with Gasteiger partial charge in [-0.05, 0) is 43.0 Å². The third-order valence-electron chi connectivity index (χ3n) is 5.01. The van der Waals surface area contributed by atoms with E-state index >= 15 is 0 Å². The summed E-state index contributed by atoms with van der Waals surface area (Å²) in [5.41, 5.74) is 3.30. The molecule has 1 unspecified atom stereocenters. The van der Waals surface area contributed by atoms with Gasteiger partial charge in [0.25, 0.3) is 0 Å². The molecule has 28 heavy (non-hydrogen) atoms. The van der Waals surface area contributed by atoms with Crippen LogP contribution >= 0.6 is 0 Å². The van der Waals surface area contributed by atoms with Gasteiger partial charge in [-0.2, -0.15) is 10.2 Å². The van der Waals surface area contributed by atoms with Crippen LogP contribution in [0.3, 0.4) is 0 Å². The molecule has 0 radical (unpaired) electrons. The van der Waals surface area contributed by atoms with Gasteiger partial charge in [-0.15, -0.1) is 0 Å². The van der Waals surface area contributed by atoms with Crippen LogP contribution in [-0.2, 0) is 6.42 Å². The SMILES string of the molecule is N#Cc1ccc(Nc2nc(=O)[nH]c3c2C(CC(=O)c2ccccc2)CC3)cc1. The van der Waals surface area contributed by atoms with Crippen LogP contribution in [0.2, 0.25) is 0 Å². The average molecular weight is 370 g/mol. The Bertz CT molecular complexity index is 1110. The number of benzene rings is 2. The van der Waals surface area contributed by atoms with Gasteiger partial charge < -0.3 is 10.3 Å². The first kappa shape index (κ1) is 17.7. The van der Waals surface area contributed by atoms with Crippen molar-refractivity contribution in [1.82, 2.24) is 9.97 Å². The monoisotopic (exact) mass is 370 g/mol. The molecule has 1 heterocycles. The predicted molar refractivity (Wildman–Crippen MR) is 106 cm³/mol. The van der Waals surface area contributed by atoms with Crippen molar-refractivity contribution < 1.29 is 4.79 Å². The minimum absolute atomic E-state index is 0.00654. The van der Waals surface area contributed by atoms with Gasteiger partial charge in [-0.1, -0.05) is 30.3 Å². The van der Waals surface area contributed by atoms with Gasteiger partial charge in [0.15, 0.2) is 5.78 Å². The summed E-state index contributed by atoms with van der Waals surface area (Å²) in [5.74, 6) is 0.550. The molecule has 0 spiro atoms. The highest BCUT2D eigenvalue weighted by Gasteiger charge is 2.30. The second-order valence-electron chi connectivity index (χ2n) is 6.83. The first-order valence-electron chi connectivity index (χ1n) is 9.12. The lowest BCUT2D eigenvalue weighted by Crippen LogP contribution is -2.17. The van der Waals surface area contributed by atoms with E-state index in [9.17, 15) is 9.59 Å². The number of aryl methyl sites for hydroxylation is 1. The highest BCUT2D eigenvalue weighted by molar-refractivity contribution is 5.96. The fourth-order valence-electron chi connectivity index (χ4n) is 3.66. The smallest absolute Gasteiger partial charge is 0.340 e. The first-order valence-corrected chi connectivity index (χ1v) is 9.12. The molecule has 1 aliphatic rings. The number of H-pyrrole nitrogens is 1. The van der Waals surface area contributed by atoms with Gasteiger partial charge in [-0.3, -0.25) is 4.79 Å². The van der Waals surface area contributed by atoms with E-state index in [0.29, 0.717) is 29.8 Å². The molecule has 0 saturated heterocycles. The van der Waals surface area contributed by atoms with E-state index < -0.39 is 5.69 Å². The first-order chi connectivity index (χ1) is 13.6. The molecule has 1 atom stereocenters. The van der Waals surface area contributed by atoms with Crippen LogP contribution in [0.4, 0.5) is 11.5 Å². The zero-order chi connectivity index (χ0) is 19.5. The summed E-state index contributed by atoms with van der Waals surface area (Å²) >= 11 is 0. The largest absolute Gasteiger partial charge is 0.347 e. The van der Waals surface area contributed by atoms with Crippen LogP contribution in [-0.4, -0.2) is 15.8 Å². The molecule has 2 N–H and O–H groups in total. The Morgan fingerprint density at radius 2 is 1.93 bits per heavy atom. The molecule has 0 fully saturated rings. The van der Waals surface area contributed by atoms with E-state index in [2.05, 4.69) is 21.4 Å². The van der Waals surface area contributed by atoms with Crippen molar-refractivity contribution in [3.63, 3.8) is 0 Å². The summed E-state index contributed by atoms with van der Waals surface area (Å²) in [6, 6.07) is 18.2. The number of carbonyl (C=O) groups excluding carboxylic acids is 1. The van der Waals surface area contributed by atoms with Crippen molar-refractivity contribution in [2.45, 2.75) is 25.2 Å². The maximum Gasteiger partial charge on any atom is 0.347 e. The topological polar surface area (TPSA) is 98.6 Å². The fourth-order valence-corrected chi connectivity index (χ4v) is 3.66. The lowest BCUT2D eigenvalue weighted by molar-refractivity contribution is 0.0973. The molecular weight excluding hydrogens is 352 g/mol. The molecule has 138 valence electrons. The van der Waals surface area contributed by atoms with Gasteiger partial charge in [0.1, 0.15) is 5.82 Å². The zero-order valence-corrected chi connectivity index (χ0v) is 15.1. The zero-order valence-electron chi connectivity index (χ0n) is 15.1. The molecule has 6 nitrogen and oxygen atoms in total. The minimum Gasteiger partial charge on any atom is -0.340 e. The van der Waals surface area contributed by atoms with Crippen molar-refractivity contribution >= 4 is 17.3 Å². The Morgan fingerprint density at radius 1 is 1.18 bits per heavy atom. The molecule has 1 aromatic heterocycles. The second kappa shape index (κ2) is 7.49. The third-order valence-corrected chi connectivity index (χ3v) is 5.01. The van der Waals surface area contributed by atoms with E-state index in [-0.39, 0.29) is 11.7 Å². The summed E-state index contributed by atoms with van der Waals surface area (Å²) in [7, 11) is 0. The van der Waals surface area contributed by atoms with E-state index in [0.717, 1.165) is 23.4 Å². The summed E-state index contributed by atoms with van der Waals surface area (Å²) in [4.78, 5) is 31.6. The van der Waals surface area contributed by atoms with E-state index in [1.165, 1.54) is 0 Å². The number of Topliss-reactive ketones (excluding diaryl/α,β-unsaturated/α-hetero) is 1. The van der Waals surface area contributed by atoms with Gasteiger partial charge in [0.2, 0.25) is 0 Å². The van der Waals surface area contributed by atoms with Crippen molar-refractivity contribution in [2.24, 2.45) is 0 Å². The maximum absolute atomic E-state index is 12.7. The summed E-state index contributed by atoms with van der Waals surface area (Å²) in [5, 5.41) is 12.1. The van der Waals surface area contributed by atoms with Gasteiger partial charge >= 0.3 is 5.69 Å². The standard InChI is InChI=1S/C22H18N4O2/c23-13-14-6-9-17(10-7-14)24-21-20-16(8-11-18(20)25-22(28)26-21)12-19(27)15-4-2-1-3-5-15/h1-7,9-10,16H,8,11-12H2,(H2,24,25,26,28). The number of rotatable bonds is 5. The number of nitrogens with zero attached hydrogens (tertiary/aromatic N) is 2. The number of ketones is 1. The lowest BCUT2D eigenvalue weighted by Gasteiger charge is -2.15. The van der Waals surface area contributed by atoms with Gasteiger partial charge in [-0.25, -0.2) is 4.79 Å². The molecule has 2 aromatic carbocycles. The molecule has 0 amide bonds. The average Bonchev–Trinajstić information content (AvgIpc) is 3.11. The number of nitrogens with one attached hydrogen (secondary N) is 2. The maximum atomic E-state index is 12.7. The molecule has 4 rings (SSSR count). The molecule has 0 aliphatic heterocycles. The van der Waals surface area contributed by atoms with Crippen molar-refractivity contribution in [1.29, 1.82) is 5.26 Å². The highest BCUT2D eigenvalue weighted by Crippen LogP contribution is 2.39. The van der Waals surface area contributed by atoms with Crippen LogP contribution in [0.25, 0.3) is 0 Å². The van der Waals surface area contributed by atoms with Gasteiger partial charge in [0.05, 0.1) is 11.6 Å². The molecule has 0 saturated carbocycles. The molecule has 1 aliphatic carbocycles. The van der Waals surface area contributed by atoms with Crippen molar-refractivity contribution in [3.05, 3.63) is 87.5 Å². The van der Waals surface area contributed by atoms with Crippen molar-refractivity contribution in [2.75, 3.05) is 5.32 Å². The lowest BCUT2D eigenvalue weighted by atomic mass is 9.93. The minimum atomic E-state index is -0.412. The van der Waals surface area contributed by atoms with Gasteiger partial charge in [0, 0.05) is 28.9 Å². The van der Waals surface area contributed by atoms with E-state index in [1.54, 1.807) is 24.3 Å². The number of carbonyl (C=O) groups is 1. The number of hydrogen-bond acceptors (Lipinski definition) is 5. The normalized spacial score (nSPS) is 14.9. The van der Waals surface area contributed by atoms with Crippen LogP contribution < -0.4 is 11.0 Å². The highest BCUT2D eigenvalue weighted by atomic mass is 16.1. The Kier molecular flexibility index (Phi) is 4.73. The number of aromatic amines is 1. The van der Waals surface area contributed by atoms with E-state index in [1.807, 2.05) is 30.3 Å². The quantitative estimate of drug-likeness (QED) is 0.668. The summed E-state index contributed by atoms with van der Waals surface area (Å²) in [6.45, 7) is 0. The Morgan fingerprint density at radius 3 is 2.64 bits per heavy atom. The van der Waals surface area contributed by atoms with E-state index in [4.69, 9.17) is 5.26 Å². The summed E-state index contributed by atoms with van der Waals surface area (Å²) < 4.78 is 0. The number of hydrogen-bond donors (Lipinski definition) is 2. The van der Waals surface area contributed by atoms with Crippen molar-refractivity contribution in [3.8, 4) is 6.07 Å². The van der Waals surface area contributed by atoms with Crippen LogP contribution in [0.15, 0.2) is 59.4 Å². The second-order valence-corrected chi connectivity index (χ2v) is 6.83. The number of anilines is 2.